The predicted octanol–water partition coefficient (Wildman–Crippen LogP) is 5.60. The van der Waals surface area contributed by atoms with Crippen LogP contribution >= 0.6 is 0 Å². The predicted molar refractivity (Wildman–Crippen MR) is 94.6 cm³/mol. The van der Waals surface area contributed by atoms with E-state index in [-0.39, 0.29) is 10.8 Å². The van der Waals surface area contributed by atoms with Crippen LogP contribution in [0, 0.1) is 0 Å². The first-order chi connectivity index (χ1) is 9.98. The molecule has 1 aromatic carbocycles. The number of hydrogen-bond acceptors (Lipinski definition) is 2. The van der Waals surface area contributed by atoms with Crippen LogP contribution in [0.3, 0.4) is 0 Å². The number of hydrogen-bond donors (Lipinski definition) is 2. The van der Waals surface area contributed by atoms with Crippen LogP contribution in [0.1, 0.15) is 96.9 Å². The molecule has 0 aliphatic carbocycles. The number of phenolic OH excluding ortho intramolecular Hbond substituents is 1. The van der Waals surface area contributed by atoms with Crippen molar-refractivity contribution in [1.29, 1.82) is 0 Å². The lowest BCUT2D eigenvalue weighted by Crippen LogP contribution is -2.18. The Morgan fingerprint density at radius 1 is 0.909 bits per heavy atom. The monoisotopic (exact) mass is 306 g/mol. The van der Waals surface area contributed by atoms with Crippen molar-refractivity contribution in [2.75, 3.05) is 0 Å². The highest BCUT2D eigenvalue weighted by Gasteiger charge is 2.27. The molecule has 1 aromatic rings. The Morgan fingerprint density at radius 3 is 1.73 bits per heavy atom. The van der Waals surface area contributed by atoms with Crippen LogP contribution in [0.4, 0.5) is 0 Å². The number of phenols is 1. The fourth-order valence-electron chi connectivity index (χ4n) is 2.75. The fraction of sp³-hybridized carbons (Fsp3) is 0.700. The normalized spacial score (nSPS) is 14.2. The summed E-state index contributed by atoms with van der Waals surface area (Å²) in [5.41, 5.74) is 2.48. The molecular weight excluding hydrogens is 272 g/mol. The Bertz CT molecular complexity index is 454. The summed E-state index contributed by atoms with van der Waals surface area (Å²) < 4.78 is 0. The Morgan fingerprint density at radius 2 is 1.36 bits per heavy atom. The van der Waals surface area contributed by atoms with Crippen molar-refractivity contribution in [3.8, 4) is 5.75 Å². The van der Waals surface area contributed by atoms with E-state index in [9.17, 15) is 10.2 Å². The lowest BCUT2D eigenvalue weighted by molar-refractivity contribution is 0.163. The molecule has 126 valence electrons. The van der Waals surface area contributed by atoms with Crippen LogP contribution in [0.5, 0.6) is 5.75 Å². The van der Waals surface area contributed by atoms with Gasteiger partial charge in [-0.3, -0.25) is 0 Å². The molecule has 0 radical (unpaired) electrons. The van der Waals surface area contributed by atoms with Gasteiger partial charge in [0, 0.05) is 0 Å². The Balaban J connectivity index is 3.29. The quantitative estimate of drug-likeness (QED) is 0.695. The van der Waals surface area contributed by atoms with E-state index in [1.165, 1.54) is 0 Å². The number of aromatic hydroxyl groups is 1. The van der Waals surface area contributed by atoms with Crippen molar-refractivity contribution in [3.05, 3.63) is 28.8 Å². The Labute approximate surface area is 136 Å². The highest BCUT2D eigenvalue weighted by molar-refractivity contribution is 5.50. The molecule has 2 heteroatoms. The van der Waals surface area contributed by atoms with Gasteiger partial charge in [-0.15, -0.1) is 0 Å². The second kappa shape index (κ2) is 7.04. The maximum absolute atomic E-state index is 10.7. The third-order valence-corrected chi connectivity index (χ3v) is 4.21. The molecule has 0 bridgehead atoms. The number of rotatable bonds is 5. The summed E-state index contributed by atoms with van der Waals surface area (Å²) in [5.74, 6) is 0.379. The van der Waals surface area contributed by atoms with Crippen LogP contribution in [0.15, 0.2) is 12.1 Å². The molecule has 0 saturated carbocycles. The Hall–Kier alpha value is -1.02. The molecule has 1 atom stereocenters. The van der Waals surface area contributed by atoms with Crippen LogP contribution in [0.25, 0.3) is 0 Å². The van der Waals surface area contributed by atoms with Crippen molar-refractivity contribution < 1.29 is 10.2 Å². The summed E-state index contributed by atoms with van der Waals surface area (Å²) in [5, 5.41) is 21.2. The molecule has 1 rings (SSSR count). The summed E-state index contributed by atoms with van der Waals surface area (Å²) in [6.45, 7) is 14.8. The molecule has 0 fully saturated rings. The molecule has 0 aliphatic heterocycles. The molecule has 0 heterocycles. The average molecular weight is 306 g/mol. The maximum atomic E-state index is 10.7. The number of aliphatic hydroxyl groups excluding tert-OH is 1. The van der Waals surface area contributed by atoms with E-state index in [2.05, 4.69) is 48.5 Å². The lowest BCUT2D eigenvalue weighted by Gasteiger charge is -2.29. The largest absolute Gasteiger partial charge is 0.507 e. The molecule has 2 N–H and O–H groups in total. The van der Waals surface area contributed by atoms with Gasteiger partial charge in [-0.2, -0.15) is 0 Å². The van der Waals surface area contributed by atoms with Crippen LogP contribution in [0.2, 0.25) is 0 Å². The first-order valence-electron chi connectivity index (χ1n) is 8.54. The minimum absolute atomic E-state index is 0.150. The van der Waals surface area contributed by atoms with E-state index >= 15 is 0 Å². The van der Waals surface area contributed by atoms with Gasteiger partial charge in [0.25, 0.3) is 0 Å². The minimum atomic E-state index is -0.450. The van der Waals surface area contributed by atoms with E-state index < -0.39 is 6.10 Å². The lowest BCUT2D eigenvalue weighted by atomic mass is 9.77. The topological polar surface area (TPSA) is 40.5 Å². The van der Waals surface area contributed by atoms with E-state index in [0.29, 0.717) is 5.75 Å². The van der Waals surface area contributed by atoms with Crippen LogP contribution < -0.4 is 0 Å². The summed E-state index contributed by atoms with van der Waals surface area (Å²) in [6, 6.07) is 3.97. The summed E-state index contributed by atoms with van der Waals surface area (Å²) in [4.78, 5) is 0. The first kappa shape index (κ1) is 19.0. The van der Waals surface area contributed by atoms with Gasteiger partial charge < -0.3 is 10.2 Å². The third-order valence-electron chi connectivity index (χ3n) is 4.21. The van der Waals surface area contributed by atoms with Gasteiger partial charge in [-0.05, 0) is 46.1 Å². The second-order valence-electron chi connectivity index (χ2n) is 8.48. The van der Waals surface area contributed by atoms with Gasteiger partial charge in [-0.25, -0.2) is 0 Å². The molecule has 22 heavy (non-hydrogen) atoms. The van der Waals surface area contributed by atoms with Crippen LogP contribution in [-0.2, 0) is 10.8 Å². The molecular formula is C20H34O2. The van der Waals surface area contributed by atoms with E-state index in [1.807, 2.05) is 12.1 Å². The van der Waals surface area contributed by atoms with Crippen molar-refractivity contribution in [3.63, 3.8) is 0 Å². The molecule has 2 nitrogen and oxygen atoms in total. The minimum Gasteiger partial charge on any atom is -0.507 e. The SMILES string of the molecule is CCCCCC(O)c1cc(C(C)(C)C)c(O)c(C(C)(C)C)c1. The highest BCUT2D eigenvalue weighted by atomic mass is 16.3. The highest BCUT2D eigenvalue weighted by Crippen LogP contribution is 2.41. The van der Waals surface area contributed by atoms with Gasteiger partial charge >= 0.3 is 0 Å². The molecule has 1 unspecified atom stereocenters. The van der Waals surface area contributed by atoms with E-state index in [4.69, 9.17) is 0 Å². The number of benzene rings is 1. The van der Waals surface area contributed by atoms with Gasteiger partial charge in [0.05, 0.1) is 6.10 Å². The zero-order chi connectivity index (χ0) is 17.1. The van der Waals surface area contributed by atoms with Gasteiger partial charge in [0.15, 0.2) is 0 Å². The third kappa shape index (κ3) is 4.74. The molecule has 0 spiro atoms. The number of aliphatic hydroxyl groups is 1. The zero-order valence-corrected chi connectivity index (χ0v) is 15.5. The second-order valence-corrected chi connectivity index (χ2v) is 8.48. The molecule has 0 saturated heterocycles. The van der Waals surface area contributed by atoms with Gasteiger partial charge in [0.2, 0.25) is 0 Å². The number of unbranched alkanes of at least 4 members (excludes halogenated alkanes) is 2. The average Bonchev–Trinajstić information content (AvgIpc) is 2.36. The van der Waals surface area contributed by atoms with Crippen molar-refractivity contribution in [2.45, 2.75) is 91.1 Å². The maximum Gasteiger partial charge on any atom is 0.123 e. The van der Waals surface area contributed by atoms with Crippen molar-refractivity contribution in [1.82, 2.24) is 0 Å². The Kier molecular flexibility index (Phi) is 6.09. The van der Waals surface area contributed by atoms with Gasteiger partial charge in [-0.1, -0.05) is 67.7 Å². The van der Waals surface area contributed by atoms with Crippen molar-refractivity contribution >= 4 is 0 Å². The van der Waals surface area contributed by atoms with E-state index in [1.54, 1.807) is 0 Å². The van der Waals surface area contributed by atoms with Crippen LogP contribution in [-0.4, -0.2) is 10.2 Å². The zero-order valence-electron chi connectivity index (χ0n) is 15.5. The smallest absolute Gasteiger partial charge is 0.123 e. The molecule has 0 aromatic heterocycles. The first-order valence-corrected chi connectivity index (χ1v) is 8.54. The van der Waals surface area contributed by atoms with Gasteiger partial charge in [0.1, 0.15) is 5.75 Å². The standard InChI is InChI=1S/C20H34O2/c1-8-9-10-11-17(21)14-12-15(19(2,3)4)18(22)16(13-14)20(5,6)7/h12-13,17,21-22H,8-11H2,1-7H3. The van der Waals surface area contributed by atoms with E-state index in [0.717, 1.165) is 42.4 Å². The summed E-state index contributed by atoms with van der Waals surface area (Å²) in [6.07, 6.45) is 3.67. The summed E-state index contributed by atoms with van der Waals surface area (Å²) >= 11 is 0. The molecule has 0 aliphatic rings. The fourth-order valence-corrected chi connectivity index (χ4v) is 2.75. The molecule has 0 amide bonds. The van der Waals surface area contributed by atoms with Crippen molar-refractivity contribution in [2.24, 2.45) is 0 Å². The summed E-state index contributed by atoms with van der Waals surface area (Å²) in [7, 11) is 0.